The van der Waals surface area contributed by atoms with E-state index in [0.717, 1.165) is 0 Å². The molecular weight excluding hydrogens is 454 g/mol. The Morgan fingerprint density at radius 3 is 2.71 bits per heavy atom. The van der Waals surface area contributed by atoms with Crippen LogP contribution in [0.5, 0.6) is 0 Å². The van der Waals surface area contributed by atoms with E-state index in [1.807, 2.05) is 0 Å². The first-order valence-corrected chi connectivity index (χ1v) is 9.33. The maximum Gasteiger partial charge on any atom is 0.342 e. The number of hydrogen-bond acceptors (Lipinski definition) is 8. The van der Waals surface area contributed by atoms with Crippen LogP contribution in [0.1, 0.15) is 39.2 Å². The molecule has 2 aromatic heterocycles. The molecule has 0 saturated heterocycles. The fourth-order valence-corrected chi connectivity index (χ4v) is 3.11. The molecule has 0 fully saturated rings. The van der Waals surface area contributed by atoms with Crippen molar-refractivity contribution in [2.75, 3.05) is 12.3 Å². The maximum atomic E-state index is 12.3. The molecule has 0 spiro atoms. The summed E-state index contributed by atoms with van der Waals surface area (Å²) in [4.78, 5) is 32.7. The van der Waals surface area contributed by atoms with Gasteiger partial charge in [-0.05, 0) is 32.0 Å². The summed E-state index contributed by atoms with van der Waals surface area (Å²) in [6, 6.07) is 4.83. The summed E-state index contributed by atoms with van der Waals surface area (Å²) in [7, 11) is 0. The molecule has 1 aromatic carbocycles. The van der Waals surface area contributed by atoms with Gasteiger partial charge in [0.05, 0.1) is 22.6 Å². The molecule has 10 heteroatoms. The largest absolute Gasteiger partial charge is 0.462 e. The Bertz CT molecular complexity index is 1080. The van der Waals surface area contributed by atoms with Crippen LogP contribution in [0.15, 0.2) is 27.1 Å². The first-order chi connectivity index (χ1) is 13.3. The summed E-state index contributed by atoms with van der Waals surface area (Å²) in [5.41, 5.74) is 6.47. The van der Waals surface area contributed by atoms with E-state index in [1.165, 1.54) is 0 Å². The molecule has 0 amide bonds. The van der Waals surface area contributed by atoms with Crippen molar-refractivity contribution in [3.05, 3.63) is 50.4 Å². The first kappa shape index (κ1) is 20.1. The monoisotopic (exact) mass is 467 g/mol. The lowest BCUT2D eigenvalue weighted by atomic mass is 10.2. The number of aryl methyl sites for hydroxylation is 1. The highest BCUT2D eigenvalue weighted by atomic mass is 79.9. The summed E-state index contributed by atoms with van der Waals surface area (Å²) < 4.78 is 16.4. The smallest absolute Gasteiger partial charge is 0.342 e. The van der Waals surface area contributed by atoms with E-state index in [2.05, 4.69) is 25.9 Å². The highest BCUT2D eigenvalue weighted by Crippen LogP contribution is 2.29. The van der Waals surface area contributed by atoms with E-state index in [0.29, 0.717) is 10.2 Å². The molecule has 2 heterocycles. The number of aromatic nitrogens is 2. The number of nitrogens with zero attached hydrogens (tertiary/aromatic N) is 2. The van der Waals surface area contributed by atoms with E-state index >= 15 is 0 Å². The lowest BCUT2D eigenvalue weighted by Gasteiger charge is -2.07. The molecule has 3 aromatic rings. The third kappa shape index (κ3) is 3.95. The number of hydrogen-bond donors (Lipinski definition) is 1. The molecule has 0 aliphatic rings. The van der Waals surface area contributed by atoms with Crippen LogP contribution >= 0.6 is 27.5 Å². The number of esters is 2. The van der Waals surface area contributed by atoms with Crippen LogP contribution in [0.4, 0.5) is 5.82 Å². The van der Waals surface area contributed by atoms with Crippen LogP contribution in [0.3, 0.4) is 0 Å². The number of carbonyl (C=O) groups is 2. The number of carbonyl (C=O) groups excluding carboxylic acids is 2. The molecule has 0 radical (unpaired) electrons. The SMILES string of the molecule is CCOC(=O)c1c(C)oc2nc(COC(=O)c3cc(Br)ccc3Cl)nc(N)c12. The molecule has 3 rings (SSSR count). The molecule has 146 valence electrons. The van der Waals surface area contributed by atoms with Crippen LogP contribution < -0.4 is 5.73 Å². The number of nitrogens with two attached hydrogens (primary N) is 1. The van der Waals surface area contributed by atoms with Crippen molar-refractivity contribution in [3.63, 3.8) is 0 Å². The summed E-state index contributed by atoms with van der Waals surface area (Å²) in [5.74, 6) is -0.761. The number of anilines is 1. The lowest BCUT2D eigenvalue weighted by Crippen LogP contribution is -2.10. The van der Waals surface area contributed by atoms with Gasteiger partial charge in [0.25, 0.3) is 0 Å². The Morgan fingerprint density at radius 2 is 2.00 bits per heavy atom. The summed E-state index contributed by atoms with van der Waals surface area (Å²) in [5, 5.41) is 0.519. The number of furan rings is 1. The predicted octanol–water partition coefficient (Wildman–Crippen LogP) is 4.06. The molecule has 0 unspecified atom stereocenters. The summed E-state index contributed by atoms with van der Waals surface area (Å²) in [6.45, 7) is 3.25. The summed E-state index contributed by atoms with van der Waals surface area (Å²) >= 11 is 9.29. The van der Waals surface area contributed by atoms with Gasteiger partial charge in [-0.1, -0.05) is 27.5 Å². The van der Waals surface area contributed by atoms with Gasteiger partial charge in [-0.25, -0.2) is 14.6 Å². The van der Waals surface area contributed by atoms with Crippen molar-refractivity contribution in [1.29, 1.82) is 0 Å². The minimum atomic E-state index is -0.642. The first-order valence-electron chi connectivity index (χ1n) is 8.16. The topological polar surface area (TPSA) is 118 Å². The fourth-order valence-electron chi connectivity index (χ4n) is 2.56. The summed E-state index contributed by atoms with van der Waals surface area (Å²) in [6.07, 6.45) is 0. The van der Waals surface area contributed by atoms with Crippen molar-refractivity contribution in [1.82, 2.24) is 9.97 Å². The third-order valence-corrected chi connectivity index (χ3v) is 4.59. The van der Waals surface area contributed by atoms with E-state index in [4.69, 9.17) is 31.2 Å². The molecule has 0 atom stereocenters. The van der Waals surface area contributed by atoms with E-state index < -0.39 is 11.9 Å². The van der Waals surface area contributed by atoms with Crippen LogP contribution in [-0.2, 0) is 16.1 Å². The number of benzene rings is 1. The van der Waals surface area contributed by atoms with Gasteiger partial charge in [0, 0.05) is 4.47 Å². The molecule has 8 nitrogen and oxygen atoms in total. The minimum Gasteiger partial charge on any atom is -0.462 e. The average Bonchev–Trinajstić information content (AvgIpc) is 2.98. The number of rotatable bonds is 5. The molecule has 28 heavy (non-hydrogen) atoms. The highest BCUT2D eigenvalue weighted by molar-refractivity contribution is 9.10. The maximum absolute atomic E-state index is 12.3. The van der Waals surface area contributed by atoms with Crippen molar-refractivity contribution in [2.24, 2.45) is 0 Å². The Kier molecular flexibility index (Phi) is 5.85. The molecule has 0 aliphatic carbocycles. The fraction of sp³-hybridized carbons (Fsp3) is 0.222. The van der Waals surface area contributed by atoms with Gasteiger partial charge in [-0.15, -0.1) is 0 Å². The van der Waals surface area contributed by atoms with Crippen LogP contribution in [0, 0.1) is 6.92 Å². The second kappa shape index (κ2) is 8.15. The Labute approximate surface area is 173 Å². The molecular formula is C18H15BrClN3O5. The zero-order valence-electron chi connectivity index (χ0n) is 14.9. The molecule has 0 bridgehead atoms. The molecule has 0 saturated carbocycles. The van der Waals surface area contributed by atoms with Gasteiger partial charge in [0.2, 0.25) is 5.71 Å². The Hall–Kier alpha value is -2.65. The van der Waals surface area contributed by atoms with E-state index in [9.17, 15) is 9.59 Å². The minimum absolute atomic E-state index is 0.0245. The Balaban J connectivity index is 1.86. The third-order valence-electron chi connectivity index (χ3n) is 3.76. The van der Waals surface area contributed by atoms with Crippen molar-refractivity contribution >= 4 is 56.4 Å². The van der Waals surface area contributed by atoms with Crippen molar-refractivity contribution in [2.45, 2.75) is 20.5 Å². The normalized spacial score (nSPS) is 10.9. The quantitative estimate of drug-likeness (QED) is 0.557. The van der Waals surface area contributed by atoms with Gasteiger partial charge in [-0.2, -0.15) is 4.98 Å². The van der Waals surface area contributed by atoms with Gasteiger partial charge < -0.3 is 19.6 Å². The van der Waals surface area contributed by atoms with Gasteiger partial charge in [0.15, 0.2) is 12.4 Å². The highest BCUT2D eigenvalue weighted by Gasteiger charge is 2.24. The number of ether oxygens (including phenoxy) is 2. The average molecular weight is 469 g/mol. The standard InChI is InChI=1S/C18H15BrClN3O5/c1-3-26-18(25)13-8(2)28-16-14(13)15(21)22-12(23-16)7-27-17(24)10-6-9(19)4-5-11(10)20/h4-6H,3,7H2,1-2H3,(H2,21,22,23). The Morgan fingerprint density at radius 1 is 1.25 bits per heavy atom. The van der Waals surface area contributed by atoms with Gasteiger partial charge >= 0.3 is 11.9 Å². The van der Waals surface area contributed by atoms with Crippen molar-refractivity contribution < 1.29 is 23.5 Å². The van der Waals surface area contributed by atoms with Crippen LogP contribution in [0.25, 0.3) is 11.1 Å². The zero-order valence-corrected chi connectivity index (χ0v) is 17.3. The second-order valence-electron chi connectivity index (χ2n) is 5.66. The van der Waals surface area contributed by atoms with Gasteiger partial charge in [0.1, 0.15) is 17.1 Å². The number of nitrogen functional groups attached to an aromatic ring is 1. The number of fused-ring (bicyclic) bond motifs is 1. The zero-order chi connectivity index (χ0) is 20.4. The molecule has 0 aliphatic heterocycles. The van der Waals surface area contributed by atoms with Gasteiger partial charge in [-0.3, -0.25) is 0 Å². The second-order valence-corrected chi connectivity index (χ2v) is 6.98. The van der Waals surface area contributed by atoms with Crippen LogP contribution in [-0.4, -0.2) is 28.5 Å². The molecule has 2 N–H and O–H groups in total. The number of halogens is 2. The van der Waals surface area contributed by atoms with E-state index in [1.54, 1.807) is 32.0 Å². The van der Waals surface area contributed by atoms with E-state index in [-0.39, 0.29) is 52.1 Å². The van der Waals surface area contributed by atoms with Crippen LogP contribution in [0.2, 0.25) is 5.02 Å². The predicted molar refractivity (Wildman–Crippen MR) is 105 cm³/mol. The lowest BCUT2D eigenvalue weighted by molar-refractivity contribution is 0.0461. The van der Waals surface area contributed by atoms with Crippen molar-refractivity contribution in [3.8, 4) is 0 Å².